The van der Waals surface area contributed by atoms with Crippen molar-refractivity contribution in [3.63, 3.8) is 0 Å². The molecule has 108 valence electrons. The van der Waals surface area contributed by atoms with Gasteiger partial charge in [0.05, 0.1) is 10.5 Å². The van der Waals surface area contributed by atoms with Gasteiger partial charge in [-0.1, -0.05) is 0 Å². The van der Waals surface area contributed by atoms with E-state index in [4.69, 9.17) is 0 Å². The number of hydrogen-bond donors (Lipinski definition) is 1. The van der Waals surface area contributed by atoms with Gasteiger partial charge in [0.25, 0.3) is 11.6 Å². The second-order valence-electron chi connectivity index (χ2n) is 4.34. The van der Waals surface area contributed by atoms with Crippen LogP contribution in [-0.2, 0) is 0 Å². The van der Waals surface area contributed by atoms with Crippen molar-refractivity contribution >= 4 is 33.2 Å². The average Bonchev–Trinajstić information content (AvgIpc) is 2.41. The molecule has 0 spiro atoms. The summed E-state index contributed by atoms with van der Waals surface area (Å²) in [6.45, 7) is 1.58. The van der Waals surface area contributed by atoms with Crippen molar-refractivity contribution in [3.8, 4) is 0 Å². The number of carbonyl (C=O) groups is 1. The molecule has 2 aromatic rings. The van der Waals surface area contributed by atoms with Crippen molar-refractivity contribution in [1.29, 1.82) is 0 Å². The van der Waals surface area contributed by atoms with E-state index in [0.29, 0.717) is 15.7 Å². The number of aryl methyl sites for hydroxylation is 1. The zero-order valence-corrected chi connectivity index (χ0v) is 12.5. The summed E-state index contributed by atoms with van der Waals surface area (Å²) in [4.78, 5) is 22.3. The number of anilines is 1. The Balaban J connectivity index is 2.26. The van der Waals surface area contributed by atoms with Crippen molar-refractivity contribution in [1.82, 2.24) is 0 Å². The van der Waals surface area contributed by atoms with Gasteiger partial charge in [0.2, 0.25) is 0 Å². The summed E-state index contributed by atoms with van der Waals surface area (Å²) in [6.07, 6.45) is 0. The average molecular weight is 353 g/mol. The first-order valence-electron chi connectivity index (χ1n) is 5.90. The Hall–Kier alpha value is -2.28. The fourth-order valence-corrected chi connectivity index (χ4v) is 2.23. The number of nitro groups is 1. The van der Waals surface area contributed by atoms with Gasteiger partial charge in [-0.3, -0.25) is 14.9 Å². The molecule has 1 N–H and O–H groups in total. The molecule has 0 aliphatic heterocycles. The Labute approximate surface area is 128 Å². The van der Waals surface area contributed by atoms with E-state index >= 15 is 0 Å². The Bertz CT molecular complexity index is 734. The van der Waals surface area contributed by atoms with Crippen LogP contribution in [0.25, 0.3) is 0 Å². The molecule has 5 nitrogen and oxygen atoms in total. The number of rotatable bonds is 3. The first-order valence-corrected chi connectivity index (χ1v) is 6.69. The van der Waals surface area contributed by atoms with Gasteiger partial charge in [-0.2, -0.15) is 0 Å². The standard InChI is InChI=1S/C14H10BrFN2O3/c1-8-6-10(3-5-13(8)18(20)21)17-14(19)11-7-9(16)2-4-12(11)15/h2-7H,1H3,(H,17,19). The highest BCUT2D eigenvalue weighted by molar-refractivity contribution is 9.10. The first kappa shape index (κ1) is 15.1. The lowest BCUT2D eigenvalue weighted by Crippen LogP contribution is -2.13. The fraction of sp³-hybridized carbons (Fsp3) is 0.0714. The van der Waals surface area contributed by atoms with Gasteiger partial charge in [0, 0.05) is 21.8 Å². The van der Waals surface area contributed by atoms with Crippen LogP contribution in [0, 0.1) is 22.9 Å². The third-order valence-electron chi connectivity index (χ3n) is 2.82. The highest BCUT2D eigenvalue weighted by atomic mass is 79.9. The normalized spacial score (nSPS) is 10.2. The summed E-state index contributed by atoms with van der Waals surface area (Å²) in [5.41, 5.74) is 0.946. The molecule has 2 aromatic carbocycles. The Kier molecular flexibility index (Phi) is 4.32. The van der Waals surface area contributed by atoms with Crippen molar-refractivity contribution in [2.24, 2.45) is 0 Å². The molecule has 21 heavy (non-hydrogen) atoms. The van der Waals surface area contributed by atoms with E-state index in [1.165, 1.54) is 30.3 Å². The predicted molar refractivity (Wildman–Crippen MR) is 79.9 cm³/mol. The zero-order chi connectivity index (χ0) is 15.6. The fourth-order valence-electron chi connectivity index (χ4n) is 1.81. The molecule has 0 heterocycles. The number of halogens is 2. The Morgan fingerprint density at radius 1 is 1.29 bits per heavy atom. The molecule has 0 bridgehead atoms. The van der Waals surface area contributed by atoms with Crippen molar-refractivity contribution in [3.05, 3.63) is 67.9 Å². The van der Waals surface area contributed by atoms with Crippen LogP contribution >= 0.6 is 15.9 Å². The van der Waals surface area contributed by atoms with Crippen LogP contribution < -0.4 is 5.32 Å². The molecule has 0 saturated heterocycles. The molecule has 1 amide bonds. The molecular formula is C14H10BrFN2O3. The maximum absolute atomic E-state index is 13.2. The molecule has 0 aliphatic rings. The van der Waals surface area contributed by atoms with Crippen LogP contribution in [0.1, 0.15) is 15.9 Å². The predicted octanol–water partition coefficient (Wildman–Crippen LogP) is 4.06. The maximum Gasteiger partial charge on any atom is 0.272 e. The highest BCUT2D eigenvalue weighted by Crippen LogP contribution is 2.23. The quantitative estimate of drug-likeness (QED) is 0.668. The second-order valence-corrected chi connectivity index (χ2v) is 5.19. The van der Waals surface area contributed by atoms with Crippen LogP contribution in [0.3, 0.4) is 0 Å². The van der Waals surface area contributed by atoms with Crippen LogP contribution in [0.15, 0.2) is 40.9 Å². The van der Waals surface area contributed by atoms with E-state index in [9.17, 15) is 19.3 Å². The van der Waals surface area contributed by atoms with Crippen LogP contribution in [0.5, 0.6) is 0 Å². The summed E-state index contributed by atoms with van der Waals surface area (Å²) in [5.74, 6) is -1.03. The molecular weight excluding hydrogens is 343 g/mol. The van der Waals surface area contributed by atoms with Crippen molar-refractivity contribution in [2.75, 3.05) is 5.32 Å². The summed E-state index contributed by atoms with van der Waals surface area (Å²) in [7, 11) is 0. The number of benzene rings is 2. The monoisotopic (exact) mass is 352 g/mol. The summed E-state index contributed by atoms with van der Waals surface area (Å²) >= 11 is 3.17. The minimum absolute atomic E-state index is 0.0278. The van der Waals surface area contributed by atoms with Gasteiger partial charge < -0.3 is 5.32 Å². The van der Waals surface area contributed by atoms with Crippen LogP contribution in [-0.4, -0.2) is 10.8 Å². The Morgan fingerprint density at radius 2 is 2.00 bits per heavy atom. The number of nitro benzene ring substituents is 1. The number of hydrogen-bond acceptors (Lipinski definition) is 3. The van der Waals surface area contributed by atoms with Gasteiger partial charge in [0.15, 0.2) is 0 Å². The van der Waals surface area contributed by atoms with E-state index in [1.54, 1.807) is 6.92 Å². The molecule has 0 aromatic heterocycles. The first-order chi connectivity index (χ1) is 9.88. The molecule has 0 saturated carbocycles. The number of carbonyl (C=O) groups excluding carboxylic acids is 1. The molecule has 0 atom stereocenters. The van der Waals surface area contributed by atoms with Gasteiger partial charge in [-0.05, 0) is 53.2 Å². The second kappa shape index (κ2) is 6.01. The van der Waals surface area contributed by atoms with E-state index in [1.807, 2.05) is 0 Å². The summed E-state index contributed by atoms with van der Waals surface area (Å²) < 4.78 is 13.6. The topological polar surface area (TPSA) is 72.2 Å². The van der Waals surface area contributed by atoms with Crippen molar-refractivity contribution in [2.45, 2.75) is 6.92 Å². The molecule has 0 fully saturated rings. The smallest absolute Gasteiger partial charge is 0.272 e. The minimum atomic E-state index is -0.525. The van der Waals surface area contributed by atoms with Gasteiger partial charge in [-0.25, -0.2) is 4.39 Å². The molecule has 0 aliphatic carbocycles. The van der Waals surface area contributed by atoms with Gasteiger partial charge in [-0.15, -0.1) is 0 Å². The number of amides is 1. The van der Waals surface area contributed by atoms with Crippen molar-refractivity contribution < 1.29 is 14.1 Å². The zero-order valence-electron chi connectivity index (χ0n) is 10.9. The minimum Gasteiger partial charge on any atom is -0.322 e. The van der Waals surface area contributed by atoms with Crippen LogP contribution in [0.4, 0.5) is 15.8 Å². The molecule has 7 heteroatoms. The SMILES string of the molecule is Cc1cc(NC(=O)c2cc(F)ccc2Br)ccc1[N+](=O)[O-]. The van der Waals surface area contributed by atoms with Crippen LogP contribution in [0.2, 0.25) is 0 Å². The molecule has 2 rings (SSSR count). The van der Waals surface area contributed by atoms with E-state index < -0.39 is 16.6 Å². The van der Waals surface area contributed by atoms with Gasteiger partial charge in [0.1, 0.15) is 5.82 Å². The largest absolute Gasteiger partial charge is 0.322 e. The molecule has 0 radical (unpaired) electrons. The Morgan fingerprint density at radius 3 is 2.62 bits per heavy atom. The lowest BCUT2D eigenvalue weighted by Gasteiger charge is -2.08. The third kappa shape index (κ3) is 3.43. The third-order valence-corrected chi connectivity index (χ3v) is 3.52. The maximum atomic E-state index is 13.2. The highest BCUT2D eigenvalue weighted by Gasteiger charge is 2.14. The number of nitrogens with zero attached hydrogens (tertiary/aromatic N) is 1. The van der Waals surface area contributed by atoms with E-state index in [-0.39, 0.29) is 11.3 Å². The van der Waals surface area contributed by atoms with Gasteiger partial charge >= 0.3 is 0 Å². The lowest BCUT2D eigenvalue weighted by molar-refractivity contribution is -0.385. The van der Waals surface area contributed by atoms with E-state index in [0.717, 1.165) is 6.07 Å². The molecule has 0 unspecified atom stereocenters. The summed E-state index contributed by atoms with van der Waals surface area (Å²) in [5, 5.41) is 13.3. The van der Waals surface area contributed by atoms with E-state index in [2.05, 4.69) is 21.2 Å². The lowest BCUT2D eigenvalue weighted by atomic mass is 10.1. The number of nitrogens with one attached hydrogen (secondary N) is 1. The summed E-state index contributed by atoms with van der Waals surface area (Å²) in [6, 6.07) is 8.00.